The topological polar surface area (TPSA) is 82.4 Å². The number of aromatic nitrogens is 4. The Morgan fingerprint density at radius 3 is 2.52 bits per heavy atom. The molecule has 1 amide bonds. The molecule has 0 unspecified atom stereocenters. The highest BCUT2D eigenvalue weighted by Crippen LogP contribution is 2.28. The van der Waals surface area contributed by atoms with Crippen molar-refractivity contribution in [2.45, 2.75) is 32.5 Å². The molecule has 0 aliphatic heterocycles. The lowest BCUT2D eigenvalue weighted by Crippen LogP contribution is -2.31. The molecule has 0 aliphatic carbocycles. The standard InChI is InChI=1S/C22H27N5O3S/c1-6-26(13-17-8-10-19(29-4)20(12-17)30-5)21(28)14-31-22-23-24-25-27(22)18-9-7-15(2)16(3)11-18/h7-12H,6,13-14H2,1-5H3. The number of benzene rings is 2. The largest absolute Gasteiger partial charge is 0.493 e. The summed E-state index contributed by atoms with van der Waals surface area (Å²) in [5.74, 6) is 1.56. The zero-order valence-corrected chi connectivity index (χ0v) is 19.3. The molecule has 1 heterocycles. The van der Waals surface area contributed by atoms with Crippen LogP contribution in [0.2, 0.25) is 0 Å². The van der Waals surface area contributed by atoms with E-state index in [9.17, 15) is 4.79 Å². The molecule has 0 N–H and O–H groups in total. The molecule has 0 saturated carbocycles. The number of rotatable bonds is 9. The predicted molar refractivity (Wildman–Crippen MR) is 120 cm³/mol. The second-order valence-corrected chi connectivity index (χ2v) is 7.97. The van der Waals surface area contributed by atoms with E-state index in [-0.39, 0.29) is 11.7 Å². The Labute approximate surface area is 186 Å². The van der Waals surface area contributed by atoms with Crippen molar-refractivity contribution in [1.82, 2.24) is 25.1 Å². The van der Waals surface area contributed by atoms with Crippen molar-refractivity contribution < 1.29 is 14.3 Å². The SMILES string of the molecule is CCN(Cc1ccc(OC)c(OC)c1)C(=O)CSc1nnnn1-c1ccc(C)c(C)c1. The van der Waals surface area contributed by atoms with Gasteiger partial charge in [0.2, 0.25) is 11.1 Å². The summed E-state index contributed by atoms with van der Waals surface area (Å²) in [4.78, 5) is 14.7. The summed E-state index contributed by atoms with van der Waals surface area (Å²) in [6, 6.07) is 11.7. The first-order valence-corrected chi connectivity index (χ1v) is 10.9. The van der Waals surface area contributed by atoms with E-state index in [1.54, 1.807) is 23.8 Å². The normalized spacial score (nSPS) is 10.7. The van der Waals surface area contributed by atoms with E-state index in [0.717, 1.165) is 16.8 Å². The lowest BCUT2D eigenvalue weighted by atomic mass is 10.1. The number of methoxy groups -OCH3 is 2. The summed E-state index contributed by atoms with van der Waals surface area (Å²) in [7, 11) is 3.20. The van der Waals surface area contributed by atoms with Crippen LogP contribution in [0.5, 0.6) is 11.5 Å². The van der Waals surface area contributed by atoms with E-state index in [1.807, 2.05) is 50.2 Å². The Morgan fingerprint density at radius 2 is 1.84 bits per heavy atom. The number of thioether (sulfide) groups is 1. The van der Waals surface area contributed by atoms with Gasteiger partial charge in [0.1, 0.15) is 0 Å². The molecule has 0 aliphatic rings. The molecule has 0 saturated heterocycles. The van der Waals surface area contributed by atoms with Gasteiger partial charge in [0.25, 0.3) is 0 Å². The van der Waals surface area contributed by atoms with Gasteiger partial charge in [0, 0.05) is 13.1 Å². The van der Waals surface area contributed by atoms with Crippen LogP contribution in [-0.4, -0.2) is 57.5 Å². The van der Waals surface area contributed by atoms with Crippen molar-refractivity contribution in [1.29, 1.82) is 0 Å². The summed E-state index contributed by atoms with van der Waals surface area (Å²) in [6.45, 7) is 7.15. The van der Waals surface area contributed by atoms with Crippen molar-refractivity contribution >= 4 is 17.7 Å². The molecule has 2 aromatic carbocycles. The maximum absolute atomic E-state index is 12.9. The fourth-order valence-corrected chi connectivity index (χ4v) is 3.88. The fraction of sp³-hybridized carbons (Fsp3) is 0.364. The third-order valence-corrected chi connectivity index (χ3v) is 5.96. The predicted octanol–water partition coefficient (Wildman–Crippen LogP) is 3.44. The van der Waals surface area contributed by atoms with Crippen LogP contribution in [0.25, 0.3) is 5.69 Å². The fourth-order valence-electron chi connectivity index (χ4n) is 3.08. The third kappa shape index (κ3) is 5.35. The van der Waals surface area contributed by atoms with Crippen molar-refractivity contribution in [2.75, 3.05) is 26.5 Å². The molecule has 8 nitrogen and oxygen atoms in total. The molecule has 31 heavy (non-hydrogen) atoms. The van der Waals surface area contributed by atoms with Crippen LogP contribution in [0.4, 0.5) is 0 Å². The van der Waals surface area contributed by atoms with Gasteiger partial charge in [-0.05, 0) is 72.2 Å². The maximum Gasteiger partial charge on any atom is 0.233 e. The van der Waals surface area contributed by atoms with Crippen molar-refractivity contribution in [3.8, 4) is 17.2 Å². The number of ether oxygens (including phenoxy) is 2. The first-order chi connectivity index (χ1) is 15.0. The molecule has 0 bridgehead atoms. The summed E-state index contributed by atoms with van der Waals surface area (Å²) in [5, 5.41) is 12.5. The number of tetrazole rings is 1. The van der Waals surface area contributed by atoms with Crippen molar-refractivity contribution in [3.05, 3.63) is 53.1 Å². The minimum absolute atomic E-state index is 0.0110. The van der Waals surface area contributed by atoms with Gasteiger partial charge in [0.15, 0.2) is 11.5 Å². The summed E-state index contributed by atoms with van der Waals surface area (Å²) < 4.78 is 12.3. The zero-order valence-electron chi connectivity index (χ0n) is 18.5. The quantitative estimate of drug-likeness (QED) is 0.471. The third-order valence-electron chi connectivity index (χ3n) is 5.06. The van der Waals surface area contributed by atoms with E-state index in [4.69, 9.17) is 9.47 Å². The van der Waals surface area contributed by atoms with Gasteiger partial charge in [0.05, 0.1) is 25.7 Å². The number of carbonyl (C=O) groups excluding carboxylic acids is 1. The highest BCUT2D eigenvalue weighted by molar-refractivity contribution is 7.99. The van der Waals surface area contributed by atoms with Crippen LogP contribution in [0.15, 0.2) is 41.6 Å². The van der Waals surface area contributed by atoms with E-state index >= 15 is 0 Å². The van der Waals surface area contributed by atoms with Gasteiger partial charge in [-0.25, -0.2) is 0 Å². The van der Waals surface area contributed by atoms with E-state index in [2.05, 4.69) is 22.4 Å². The van der Waals surface area contributed by atoms with Gasteiger partial charge >= 0.3 is 0 Å². The van der Waals surface area contributed by atoms with E-state index in [0.29, 0.717) is 29.7 Å². The molecule has 0 radical (unpaired) electrons. The lowest BCUT2D eigenvalue weighted by Gasteiger charge is -2.21. The van der Waals surface area contributed by atoms with Crippen LogP contribution in [0.1, 0.15) is 23.6 Å². The number of hydrogen-bond acceptors (Lipinski definition) is 7. The number of amides is 1. The Kier molecular flexibility index (Phi) is 7.51. The Morgan fingerprint density at radius 1 is 1.06 bits per heavy atom. The maximum atomic E-state index is 12.9. The van der Waals surface area contributed by atoms with Crippen LogP contribution < -0.4 is 9.47 Å². The first-order valence-electron chi connectivity index (χ1n) is 9.94. The molecule has 3 rings (SSSR count). The molecular weight excluding hydrogens is 414 g/mol. The number of nitrogens with zero attached hydrogens (tertiary/aromatic N) is 5. The second kappa shape index (κ2) is 10.3. The highest BCUT2D eigenvalue weighted by atomic mass is 32.2. The lowest BCUT2D eigenvalue weighted by molar-refractivity contribution is -0.128. The molecule has 9 heteroatoms. The Hall–Kier alpha value is -3.07. The molecule has 1 aromatic heterocycles. The van der Waals surface area contributed by atoms with E-state index < -0.39 is 0 Å². The van der Waals surface area contributed by atoms with Crippen LogP contribution in [-0.2, 0) is 11.3 Å². The molecule has 0 atom stereocenters. The van der Waals surface area contributed by atoms with Gasteiger partial charge in [-0.3, -0.25) is 4.79 Å². The number of hydrogen-bond donors (Lipinski definition) is 0. The highest BCUT2D eigenvalue weighted by Gasteiger charge is 2.17. The minimum atomic E-state index is 0.0110. The van der Waals surface area contributed by atoms with Crippen LogP contribution in [0.3, 0.4) is 0 Å². The molecule has 3 aromatic rings. The molecule has 0 fully saturated rings. The monoisotopic (exact) mass is 441 g/mol. The molecule has 164 valence electrons. The summed E-state index contributed by atoms with van der Waals surface area (Å²) in [5.41, 5.74) is 4.21. The van der Waals surface area contributed by atoms with Gasteiger partial charge in [-0.15, -0.1) is 5.10 Å². The molecule has 0 spiro atoms. The van der Waals surface area contributed by atoms with Gasteiger partial charge in [-0.2, -0.15) is 4.68 Å². The first kappa shape index (κ1) is 22.6. The average molecular weight is 442 g/mol. The van der Waals surface area contributed by atoms with Crippen molar-refractivity contribution in [2.24, 2.45) is 0 Å². The summed E-state index contributed by atoms with van der Waals surface area (Å²) >= 11 is 1.33. The van der Waals surface area contributed by atoms with Crippen LogP contribution >= 0.6 is 11.8 Å². The van der Waals surface area contributed by atoms with Gasteiger partial charge in [-0.1, -0.05) is 23.9 Å². The van der Waals surface area contributed by atoms with Crippen molar-refractivity contribution in [3.63, 3.8) is 0 Å². The molecular formula is C22H27N5O3S. The smallest absolute Gasteiger partial charge is 0.233 e. The minimum Gasteiger partial charge on any atom is -0.493 e. The van der Waals surface area contributed by atoms with E-state index in [1.165, 1.54) is 17.3 Å². The zero-order chi connectivity index (χ0) is 22.4. The number of aryl methyl sites for hydroxylation is 2. The second-order valence-electron chi connectivity index (χ2n) is 7.03. The average Bonchev–Trinajstić information content (AvgIpc) is 3.26. The van der Waals surface area contributed by atoms with Crippen LogP contribution in [0, 0.1) is 13.8 Å². The number of carbonyl (C=O) groups is 1. The Balaban J connectivity index is 1.67. The summed E-state index contributed by atoms with van der Waals surface area (Å²) in [6.07, 6.45) is 0. The Bertz CT molecular complexity index is 1050. The van der Waals surface area contributed by atoms with Gasteiger partial charge < -0.3 is 14.4 Å².